The number of hydrogen-bond acceptors (Lipinski definition) is 4. The topological polar surface area (TPSA) is 84.6 Å². The third-order valence-electron chi connectivity index (χ3n) is 2.04. The molecule has 0 atom stereocenters. The van der Waals surface area contributed by atoms with Crippen LogP contribution >= 0.6 is 0 Å². The van der Waals surface area contributed by atoms with Gasteiger partial charge in [-0.3, -0.25) is 4.79 Å². The van der Waals surface area contributed by atoms with E-state index in [4.69, 9.17) is 10.5 Å². The molecule has 5 nitrogen and oxygen atoms in total. The minimum absolute atomic E-state index is 0.0293. The van der Waals surface area contributed by atoms with Gasteiger partial charge in [0.1, 0.15) is 11.5 Å². The summed E-state index contributed by atoms with van der Waals surface area (Å²) in [5.74, 6) is 0.136. The van der Waals surface area contributed by atoms with Crippen LogP contribution in [-0.2, 0) is 4.79 Å². The quantitative estimate of drug-likeness (QED) is 0.671. The summed E-state index contributed by atoms with van der Waals surface area (Å²) in [5.41, 5.74) is 4.90. The SMILES string of the molecule is COc1ccc(O)c(NC(=O)C(C)(C)N)c1. The standard InChI is InChI=1S/C11H16N2O3/c1-11(2,12)10(15)13-8-6-7(16-3)4-5-9(8)14/h4-6,14H,12H2,1-3H3,(H,13,15). The van der Waals surface area contributed by atoms with Crippen molar-refractivity contribution in [2.24, 2.45) is 5.73 Å². The molecule has 0 saturated carbocycles. The van der Waals surface area contributed by atoms with Crippen LogP contribution in [0.25, 0.3) is 0 Å². The Kier molecular flexibility index (Phi) is 3.39. The van der Waals surface area contributed by atoms with Crippen LogP contribution in [0.5, 0.6) is 11.5 Å². The van der Waals surface area contributed by atoms with Crippen LogP contribution in [0.1, 0.15) is 13.8 Å². The van der Waals surface area contributed by atoms with Crippen LogP contribution in [0.2, 0.25) is 0 Å². The minimum atomic E-state index is -1.00. The summed E-state index contributed by atoms with van der Waals surface area (Å²) in [6.07, 6.45) is 0. The zero-order valence-electron chi connectivity index (χ0n) is 9.57. The largest absolute Gasteiger partial charge is 0.506 e. The molecule has 1 aromatic carbocycles. The summed E-state index contributed by atoms with van der Waals surface area (Å²) >= 11 is 0. The molecular formula is C11H16N2O3. The molecule has 1 amide bonds. The van der Waals surface area contributed by atoms with Gasteiger partial charge in [-0.1, -0.05) is 0 Å². The number of ether oxygens (including phenoxy) is 1. The van der Waals surface area contributed by atoms with E-state index in [1.807, 2.05) is 0 Å². The van der Waals surface area contributed by atoms with Crippen molar-refractivity contribution in [3.8, 4) is 11.5 Å². The fourth-order valence-corrected chi connectivity index (χ4v) is 1.03. The smallest absolute Gasteiger partial charge is 0.243 e. The van der Waals surface area contributed by atoms with E-state index in [0.717, 1.165) is 0 Å². The lowest BCUT2D eigenvalue weighted by atomic mass is 10.1. The van der Waals surface area contributed by atoms with Gasteiger partial charge in [-0.05, 0) is 26.0 Å². The second-order valence-electron chi connectivity index (χ2n) is 4.06. The van der Waals surface area contributed by atoms with Crippen LogP contribution in [0.4, 0.5) is 5.69 Å². The van der Waals surface area contributed by atoms with Crippen LogP contribution < -0.4 is 15.8 Å². The maximum absolute atomic E-state index is 11.6. The molecule has 0 aliphatic carbocycles. The second kappa shape index (κ2) is 4.40. The summed E-state index contributed by atoms with van der Waals surface area (Å²) in [7, 11) is 1.50. The fraction of sp³-hybridized carbons (Fsp3) is 0.364. The van der Waals surface area contributed by atoms with Crippen LogP contribution in [0, 0.1) is 0 Å². The first-order chi connectivity index (χ1) is 7.34. The Hall–Kier alpha value is -1.75. The van der Waals surface area contributed by atoms with Crippen molar-refractivity contribution in [3.63, 3.8) is 0 Å². The van der Waals surface area contributed by atoms with E-state index >= 15 is 0 Å². The molecule has 1 aromatic rings. The van der Waals surface area contributed by atoms with E-state index < -0.39 is 5.54 Å². The van der Waals surface area contributed by atoms with E-state index in [0.29, 0.717) is 5.75 Å². The Morgan fingerprint density at radius 3 is 2.62 bits per heavy atom. The highest BCUT2D eigenvalue weighted by Gasteiger charge is 2.22. The third kappa shape index (κ3) is 2.87. The molecular weight excluding hydrogens is 208 g/mol. The average Bonchev–Trinajstić information content (AvgIpc) is 2.19. The molecule has 16 heavy (non-hydrogen) atoms. The van der Waals surface area contributed by atoms with Crippen molar-refractivity contribution in [2.75, 3.05) is 12.4 Å². The van der Waals surface area contributed by atoms with E-state index in [2.05, 4.69) is 5.32 Å². The van der Waals surface area contributed by atoms with Crippen molar-refractivity contribution in [2.45, 2.75) is 19.4 Å². The molecule has 4 N–H and O–H groups in total. The number of anilines is 1. The number of carbonyl (C=O) groups is 1. The zero-order valence-corrected chi connectivity index (χ0v) is 9.57. The van der Waals surface area contributed by atoms with Crippen LogP contribution in [0.3, 0.4) is 0 Å². The number of aromatic hydroxyl groups is 1. The Bertz CT molecular complexity index is 397. The number of carbonyl (C=O) groups excluding carboxylic acids is 1. The van der Waals surface area contributed by atoms with Gasteiger partial charge >= 0.3 is 0 Å². The maximum atomic E-state index is 11.6. The van der Waals surface area contributed by atoms with Gasteiger partial charge in [-0.2, -0.15) is 0 Å². The molecule has 0 saturated heterocycles. The maximum Gasteiger partial charge on any atom is 0.243 e. The number of benzene rings is 1. The first kappa shape index (κ1) is 12.3. The number of nitrogens with two attached hydrogens (primary N) is 1. The normalized spacial score (nSPS) is 11.0. The summed E-state index contributed by atoms with van der Waals surface area (Å²) in [5, 5.41) is 12.1. The highest BCUT2D eigenvalue weighted by atomic mass is 16.5. The van der Waals surface area contributed by atoms with Gasteiger partial charge in [0.15, 0.2) is 0 Å². The summed E-state index contributed by atoms with van der Waals surface area (Å²) in [4.78, 5) is 11.6. The third-order valence-corrected chi connectivity index (χ3v) is 2.04. The Morgan fingerprint density at radius 1 is 1.50 bits per heavy atom. The number of methoxy groups -OCH3 is 1. The first-order valence-corrected chi connectivity index (χ1v) is 4.82. The predicted octanol–water partition coefficient (Wildman–Crippen LogP) is 1.08. The fourth-order valence-electron chi connectivity index (χ4n) is 1.03. The van der Waals surface area contributed by atoms with Gasteiger partial charge in [0.05, 0.1) is 18.3 Å². The lowest BCUT2D eigenvalue weighted by molar-refractivity contribution is -0.120. The van der Waals surface area contributed by atoms with Gasteiger partial charge < -0.3 is 20.9 Å². The van der Waals surface area contributed by atoms with Crippen molar-refractivity contribution in [3.05, 3.63) is 18.2 Å². The van der Waals surface area contributed by atoms with E-state index in [9.17, 15) is 9.90 Å². The number of hydrogen-bond donors (Lipinski definition) is 3. The van der Waals surface area contributed by atoms with E-state index in [1.54, 1.807) is 19.9 Å². The minimum Gasteiger partial charge on any atom is -0.506 e. The Balaban J connectivity index is 2.92. The molecule has 0 bridgehead atoms. The predicted molar refractivity (Wildman–Crippen MR) is 61.6 cm³/mol. The monoisotopic (exact) mass is 224 g/mol. The molecule has 0 aliphatic heterocycles. The van der Waals surface area contributed by atoms with Crippen LogP contribution in [0.15, 0.2) is 18.2 Å². The molecule has 0 spiro atoms. The van der Waals surface area contributed by atoms with E-state index in [1.165, 1.54) is 19.2 Å². The van der Waals surface area contributed by atoms with Crippen molar-refractivity contribution in [1.29, 1.82) is 0 Å². The lowest BCUT2D eigenvalue weighted by Crippen LogP contribution is -2.45. The highest BCUT2D eigenvalue weighted by molar-refractivity contribution is 5.98. The van der Waals surface area contributed by atoms with Gasteiger partial charge in [-0.15, -0.1) is 0 Å². The summed E-state index contributed by atoms with van der Waals surface area (Å²) < 4.78 is 4.98. The van der Waals surface area contributed by atoms with Crippen molar-refractivity contribution >= 4 is 11.6 Å². The van der Waals surface area contributed by atoms with Crippen molar-refractivity contribution in [1.82, 2.24) is 0 Å². The van der Waals surface area contributed by atoms with Gasteiger partial charge in [0.2, 0.25) is 5.91 Å². The molecule has 88 valence electrons. The zero-order chi connectivity index (χ0) is 12.3. The van der Waals surface area contributed by atoms with Crippen LogP contribution in [-0.4, -0.2) is 23.7 Å². The van der Waals surface area contributed by atoms with Gasteiger partial charge in [0.25, 0.3) is 0 Å². The summed E-state index contributed by atoms with van der Waals surface area (Å²) in [6.45, 7) is 3.17. The molecule has 1 rings (SSSR count). The summed E-state index contributed by atoms with van der Waals surface area (Å²) in [6, 6.07) is 4.56. The van der Waals surface area contributed by atoms with Gasteiger partial charge in [0, 0.05) is 6.07 Å². The highest BCUT2D eigenvalue weighted by Crippen LogP contribution is 2.28. The Labute approximate surface area is 94.2 Å². The molecule has 0 heterocycles. The number of rotatable bonds is 3. The van der Waals surface area contributed by atoms with Gasteiger partial charge in [-0.25, -0.2) is 0 Å². The molecule has 0 unspecified atom stereocenters. The second-order valence-corrected chi connectivity index (χ2v) is 4.06. The number of amides is 1. The van der Waals surface area contributed by atoms with E-state index in [-0.39, 0.29) is 17.3 Å². The molecule has 0 aliphatic rings. The first-order valence-electron chi connectivity index (χ1n) is 4.82. The lowest BCUT2D eigenvalue weighted by Gasteiger charge is -2.18. The number of nitrogens with one attached hydrogen (secondary N) is 1. The van der Waals surface area contributed by atoms with Crippen molar-refractivity contribution < 1.29 is 14.6 Å². The Morgan fingerprint density at radius 2 is 2.12 bits per heavy atom. The average molecular weight is 224 g/mol. The molecule has 0 aromatic heterocycles. The number of phenols is 1. The molecule has 0 fully saturated rings. The molecule has 5 heteroatoms. The number of phenolic OH excluding ortho intramolecular Hbond substituents is 1. The molecule has 0 radical (unpaired) electrons.